The minimum Gasteiger partial charge on any atom is -0.385 e. The van der Waals surface area contributed by atoms with Crippen molar-refractivity contribution in [3.05, 3.63) is 70.0 Å². The van der Waals surface area contributed by atoms with E-state index in [4.69, 9.17) is 0 Å². The van der Waals surface area contributed by atoms with Gasteiger partial charge in [0.05, 0.1) is 5.60 Å². The molecule has 2 aromatic rings. The van der Waals surface area contributed by atoms with Gasteiger partial charge < -0.3 is 5.11 Å². The molecule has 0 fully saturated rings. The summed E-state index contributed by atoms with van der Waals surface area (Å²) in [4.78, 5) is 0. The van der Waals surface area contributed by atoms with E-state index < -0.39 is 5.60 Å². The van der Waals surface area contributed by atoms with Crippen LogP contribution >= 0.6 is 0 Å². The molecule has 0 amide bonds. The van der Waals surface area contributed by atoms with E-state index in [1.165, 1.54) is 6.07 Å². The minimum absolute atomic E-state index is 0.274. The smallest absolute Gasteiger partial charge is 0.126 e. The van der Waals surface area contributed by atoms with Crippen LogP contribution in [-0.4, -0.2) is 5.11 Å². The first-order valence-corrected chi connectivity index (χ1v) is 6.85. The summed E-state index contributed by atoms with van der Waals surface area (Å²) >= 11 is 0. The van der Waals surface area contributed by atoms with Gasteiger partial charge in [0.25, 0.3) is 0 Å². The highest BCUT2D eigenvalue weighted by atomic mass is 19.1. The quantitative estimate of drug-likeness (QED) is 0.887. The van der Waals surface area contributed by atoms with Crippen molar-refractivity contribution in [1.29, 1.82) is 0 Å². The van der Waals surface area contributed by atoms with Crippen LogP contribution in [0.4, 0.5) is 4.39 Å². The molecule has 2 rings (SSSR count). The van der Waals surface area contributed by atoms with Gasteiger partial charge in [-0.2, -0.15) is 0 Å². The molecule has 2 heteroatoms. The van der Waals surface area contributed by atoms with Crippen molar-refractivity contribution in [2.45, 2.75) is 39.7 Å². The summed E-state index contributed by atoms with van der Waals surface area (Å²) in [6.07, 6.45) is 0.475. The molecule has 0 aliphatic rings. The van der Waals surface area contributed by atoms with E-state index in [0.717, 1.165) is 16.7 Å². The van der Waals surface area contributed by atoms with Crippen LogP contribution in [0.1, 0.15) is 34.7 Å². The van der Waals surface area contributed by atoms with Crippen LogP contribution in [0, 0.1) is 26.6 Å². The molecule has 0 spiro atoms. The maximum absolute atomic E-state index is 13.7. The number of aliphatic hydroxyl groups is 1. The molecule has 1 nitrogen and oxygen atoms in total. The standard InChI is InChI=1S/C18H21FO/c1-12-5-6-13(2)15(9-12)11-18(4,20)16-8-7-14(3)17(19)10-16/h5-10,20H,11H2,1-4H3. The molecule has 0 radical (unpaired) electrons. The first kappa shape index (κ1) is 14.7. The van der Waals surface area contributed by atoms with Crippen LogP contribution in [0.15, 0.2) is 36.4 Å². The Kier molecular flexibility index (Phi) is 3.96. The average Bonchev–Trinajstić information content (AvgIpc) is 2.36. The number of halogens is 1. The molecule has 1 atom stereocenters. The van der Waals surface area contributed by atoms with Crippen molar-refractivity contribution in [1.82, 2.24) is 0 Å². The topological polar surface area (TPSA) is 20.2 Å². The van der Waals surface area contributed by atoms with Gasteiger partial charge in [-0.1, -0.05) is 35.9 Å². The summed E-state index contributed by atoms with van der Waals surface area (Å²) in [7, 11) is 0. The van der Waals surface area contributed by atoms with Gasteiger partial charge in [0.15, 0.2) is 0 Å². The lowest BCUT2D eigenvalue weighted by Crippen LogP contribution is -2.25. The monoisotopic (exact) mass is 272 g/mol. The maximum atomic E-state index is 13.7. The van der Waals surface area contributed by atoms with Crippen LogP contribution in [0.3, 0.4) is 0 Å². The number of aryl methyl sites for hydroxylation is 3. The van der Waals surface area contributed by atoms with Gasteiger partial charge in [-0.25, -0.2) is 4.39 Å². The molecule has 0 aliphatic heterocycles. The van der Waals surface area contributed by atoms with E-state index in [1.54, 1.807) is 26.0 Å². The highest BCUT2D eigenvalue weighted by Gasteiger charge is 2.25. The lowest BCUT2D eigenvalue weighted by molar-refractivity contribution is 0.0571. The number of hydrogen-bond acceptors (Lipinski definition) is 1. The summed E-state index contributed by atoms with van der Waals surface area (Å²) < 4.78 is 13.7. The molecule has 0 saturated carbocycles. The fourth-order valence-corrected chi connectivity index (χ4v) is 2.39. The van der Waals surface area contributed by atoms with Crippen molar-refractivity contribution in [2.75, 3.05) is 0 Å². The molecule has 106 valence electrons. The van der Waals surface area contributed by atoms with Gasteiger partial charge in [-0.3, -0.25) is 0 Å². The Balaban J connectivity index is 2.34. The zero-order valence-electron chi connectivity index (χ0n) is 12.5. The first-order chi connectivity index (χ1) is 9.29. The second-order valence-electron chi connectivity index (χ2n) is 5.84. The Morgan fingerprint density at radius 3 is 2.30 bits per heavy atom. The second-order valence-corrected chi connectivity index (χ2v) is 5.84. The third-order valence-corrected chi connectivity index (χ3v) is 3.83. The van der Waals surface area contributed by atoms with Gasteiger partial charge in [0.2, 0.25) is 0 Å². The van der Waals surface area contributed by atoms with E-state index in [9.17, 15) is 9.50 Å². The third-order valence-electron chi connectivity index (χ3n) is 3.83. The molecule has 0 aliphatic carbocycles. The second kappa shape index (κ2) is 5.37. The summed E-state index contributed by atoms with van der Waals surface area (Å²) in [6, 6.07) is 11.1. The summed E-state index contributed by atoms with van der Waals surface area (Å²) in [5.74, 6) is -0.274. The molecule has 20 heavy (non-hydrogen) atoms. The first-order valence-electron chi connectivity index (χ1n) is 6.85. The summed E-state index contributed by atoms with van der Waals surface area (Å²) in [5, 5.41) is 10.7. The van der Waals surface area contributed by atoms with Crippen LogP contribution < -0.4 is 0 Å². The fourth-order valence-electron chi connectivity index (χ4n) is 2.39. The molecule has 0 heterocycles. The minimum atomic E-state index is -1.08. The van der Waals surface area contributed by atoms with E-state index >= 15 is 0 Å². The van der Waals surface area contributed by atoms with Crippen molar-refractivity contribution >= 4 is 0 Å². The lowest BCUT2D eigenvalue weighted by atomic mass is 9.86. The van der Waals surface area contributed by atoms with Crippen LogP contribution in [0.5, 0.6) is 0 Å². The van der Waals surface area contributed by atoms with Crippen LogP contribution in [0.25, 0.3) is 0 Å². The number of rotatable bonds is 3. The SMILES string of the molecule is Cc1ccc(C)c(CC(C)(O)c2ccc(C)c(F)c2)c1. The third kappa shape index (κ3) is 3.07. The van der Waals surface area contributed by atoms with Gasteiger partial charge in [0, 0.05) is 6.42 Å². The van der Waals surface area contributed by atoms with E-state index in [2.05, 4.69) is 18.2 Å². The zero-order chi connectivity index (χ0) is 14.9. The molecule has 2 aromatic carbocycles. The maximum Gasteiger partial charge on any atom is 0.126 e. The largest absolute Gasteiger partial charge is 0.385 e. The zero-order valence-corrected chi connectivity index (χ0v) is 12.5. The molecular formula is C18H21FO. The number of hydrogen-bond donors (Lipinski definition) is 1. The summed E-state index contributed by atoms with van der Waals surface area (Å²) in [6.45, 7) is 7.52. The van der Waals surface area contributed by atoms with Crippen molar-refractivity contribution < 1.29 is 9.50 Å². The van der Waals surface area contributed by atoms with E-state index in [1.807, 2.05) is 13.8 Å². The normalized spacial score (nSPS) is 14.1. The molecule has 1 unspecified atom stereocenters. The molecule has 0 bridgehead atoms. The van der Waals surface area contributed by atoms with Crippen molar-refractivity contribution in [3.8, 4) is 0 Å². The Hall–Kier alpha value is -1.67. The van der Waals surface area contributed by atoms with Crippen LogP contribution in [0.2, 0.25) is 0 Å². The summed E-state index contributed by atoms with van der Waals surface area (Å²) in [5.41, 5.74) is 3.53. The predicted molar refractivity (Wildman–Crippen MR) is 80.3 cm³/mol. The number of benzene rings is 2. The highest BCUT2D eigenvalue weighted by Crippen LogP contribution is 2.28. The Morgan fingerprint density at radius 2 is 1.65 bits per heavy atom. The van der Waals surface area contributed by atoms with Gasteiger partial charge >= 0.3 is 0 Å². The van der Waals surface area contributed by atoms with E-state index in [0.29, 0.717) is 17.5 Å². The Morgan fingerprint density at radius 1 is 1.00 bits per heavy atom. The average molecular weight is 272 g/mol. The van der Waals surface area contributed by atoms with Crippen LogP contribution in [-0.2, 0) is 12.0 Å². The van der Waals surface area contributed by atoms with E-state index in [-0.39, 0.29) is 5.82 Å². The van der Waals surface area contributed by atoms with Gasteiger partial charge in [-0.15, -0.1) is 0 Å². The van der Waals surface area contributed by atoms with Crippen molar-refractivity contribution in [2.24, 2.45) is 0 Å². The highest BCUT2D eigenvalue weighted by molar-refractivity contribution is 5.34. The molecule has 0 aromatic heterocycles. The Labute approximate surface area is 120 Å². The molecule has 1 N–H and O–H groups in total. The lowest BCUT2D eigenvalue weighted by Gasteiger charge is -2.25. The fraction of sp³-hybridized carbons (Fsp3) is 0.333. The van der Waals surface area contributed by atoms with Gasteiger partial charge in [0.1, 0.15) is 5.82 Å². The Bertz CT molecular complexity index is 629. The van der Waals surface area contributed by atoms with Gasteiger partial charge in [-0.05, 0) is 56.0 Å². The molecular weight excluding hydrogens is 251 g/mol. The molecule has 0 saturated heterocycles. The van der Waals surface area contributed by atoms with Crippen molar-refractivity contribution in [3.63, 3.8) is 0 Å². The predicted octanol–water partition coefficient (Wildman–Crippen LogP) is 4.20.